The first kappa shape index (κ1) is 31.0. The minimum absolute atomic E-state index is 0.0502. The monoisotopic (exact) mass is 598 g/mol. The zero-order valence-corrected chi connectivity index (χ0v) is 25.1. The van der Waals surface area contributed by atoms with Crippen LogP contribution in [0.1, 0.15) is 30.0 Å². The summed E-state index contributed by atoms with van der Waals surface area (Å²) in [4.78, 5) is 13.3. The number of benzene rings is 4. The second-order valence-corrected chi connectivity index (χ2v) is 11.5. The third kappa shape index (κ3) is 9.26. The van der Waals surface area contributed by atoms with Gasteiger partial charge in [0.2, 0.25) is 0 Å². The first-order valence-electron chi connectivity index (χ1n) is 14.7. The summed E-state index contributed by atoms with van der Waals surface area (Å²) in [5.74, 6) is -0.290. The minimum atomic E-state index is -0.572. The molecule has 0 bridgehead atoms. The van der Waals surface area contributed by atoms with E-state index in [-0.39, 0.29) is 19.0 Å². The van der Waals surface area contributed by atoms with Crippen molar-refractivity contribution in [3.05, 3.63) is 138 Å². The van der Waals surface area contributed by atoms with Crippen LogP contribution in [0, 0.1) is 0 Å². The lowest BCUT2D eigenvalue weighted by Crippen LogP contribution is -2.60. The lowest BCUT2D eigenvalue weighted by Gasteiger charge is -2.45. The number of ether oxygens (including phenoxy) is 5. The molecule has 5 atom stereocenters. The van der Waals surface area contributed by atoms with E-state index in [0.29, 0.717) is 19.8 Å². The predicted octanol–water partition coefficient (Wildman–Crippen LogP) is 7.21. The Labute approximate surface area is 258 Å². The number of carbonyl (C=O) groups is 1. The van der Waals surface area contributed by atoms with E-state index in [4.69, 9.17) is 23.7 Å². The normalized spacial score (nSPS) is 21.7. The van der Waals surface area contributed by atoms with Gasteiger partial charge in [0.1, 0.15) is 36.5 Å². The Morgan fingerprint density at radius 2 is 1.07 bits per heavy atom. The lowest BCUT2D eigenvalue weighted by molar-refractivity contribution is -0.253. The quantitative estimate of drug-likeness (QED) is 0.142. The van der Waals surface area contributed by atoms with Gasteiger partial charge in [-0.25, -0.2) is 0 Å². The van der Waals surface area contributed by atoms with Gasteiger partial charge in [-0.2, -0.15) is 0 Å². The Morgan fingerprint density at radius 3 is 1.56 bits per heavy atom. The van der Waals surface area contributed by atoms with Gasteiger partial charge in [-0.1, -0.05) is 128 Å². The molecular weight excluding hydrogens is 560 g/mol. The Kier molecular flexibility index (Phi) is 11.8. The predicted molar refractivity (Wildman–Crippen MR) is 167 cm³/mol. The van der Waals surface area contributed by atoms with Crippen molar-refractivity contribution in [2.75, 3.05) is 6.61 Å². The van der Waals surface area contributed by atoms with Gasteiger partial charge in [0.15, 0.2) is 0 Å². The smallest absolute Gasteiger partial charge is 0.305 e. The number of rotatable bonds is 14. The molecule has 0 saturated carbocycles. The average molecular weight is 599 g/mol. The highest BCUT2D eigenvalue weighted by molar-refractivity contribution is 7.99. The fraction of sp³-hybridized carbons (Fsp3) is 0.306. The molecule has 7 heteroatoms. The maximum Gasteiger partial charge on any atom is 0.305 e. The van der Waals surface area contributed by atoms with E-state index >= 15 is 0 Å². The molecule has 43 heavy (non-hydrogen) atoms. The molecule has 1 fully saturated rings. The van der Waals surface area contributed by atoms with Crippen molar-refractivity contribution in [1.29, 1.82) is 0 Å². The van der Waals surface area contributed by atoms with E-state index in [1.165, 1.54) is 0 Å². The van der Waals surface area contributed by atoms with Gasteiger partial charge < -0.3 is 23.7 Å². The minimum Gasteiger partial charge on any atom is -0.463 e. The number of hydrogen-bond donors (Lipinski definition) is 0. The zero-order chi connectivity index (χ0) is 29.7. The molecule has 1 aliphatic rings. The van der Waals surface area contributed by atoms with Crippen LogP contribution in [0.25, 0.3) is 0 Å². The molecule has 224 valence electrons. The molecule has 5 rings (SSSR count). The Hall–Kier alpha value is -3.46. The molecule has 0 aliphatic carbocycles. The maximum absolute atomic E-state index is 12.2. The van der Waals surface area contributed by atoms with Gasteiger partial charge in [0.05, 0.1) is 19.8 Å². The van der Waals surface area contributed by atoms with E-state index in [1.807, 2.05) is 121 Å². The largest absolute Gasteiger partial charge is 0.463 e. The van der Waals surface area contributed by atoms with Crippen LogP contribution in [0.2, 0.25) is 0 Å². The number of thioether (sulfide) groups is 1. The van der Waals surface area contributed by atoms with Gasteiger partial charge in [0.25, 0.3) is 0 Å². The van der Waals surface area contributed by atoms with Crippen LogP contribution in [0.4, 0.5) is 0 Å². The van der Waals surface area contributed by atoms with Crippen LogP contribution >= 0.6 is 11.8 Å². The van der Waals surface area contributed by atoms with Crippen molar-refractivity contribution in [2.24, 2.45) is 0 Å². The third-order valence-corrected chi connectivity index (χ3v) is 8.30. The van der Waals surface area contributed by atoms with Crippen LogP contribution in [0.15, 0.2) is 126 Å². The molecule has 0 N–H and O–H groups in total. The molecule has 4 aromatic carbocycles. The molecule has 0 spiro atoms. The van der Waals surface area contributed by atoms with Crippen LogP contribution in [0.5, 0.6) is 0 Å². The zero-order valence-electron chi connectivity index (χ0n) is 24.3. The SMILES string of the molecule is CCC(=O)OCC1O[C@@H](Sc2ccccc2)C(OCc2ccccc2)[C@H](OCc2ccccc2)[C@@H]1OCc1ccccc1. The highest BCUT2D eigenvalue weighted by atomic mass is 32.2. The van der Waals surface area contributed by atoms with Crippen LogP contribution in [0.3, 0.4) is 0 Å². The van der Waals surface area contributed by atoms with Gasteiger partial charge in [-0.15, -0.1) is 0 Å². The molecule has 0 aromatic heterocycles. The molecule has 0 radical (unpaired) electrons. The molecule has 2 unspecified atom stereocenters. The third-order valence-electron chi connectivity index (χ3n) is 7.14. The number of carbonyl (C=O) groups excluding carboxylic acids is 1. The summed E-state index contributed by atoms with van der Waals surface area (Å²) in [6.45, 7) is 2.93. The van der Waals surface area contributed by atoms with Crippen LogP contribution in [-0.2, 0) is 48.3 Å². The molecule has 4 aromatic rings. The number of esters is 1. The second kappa shape index (κ2) is 16.4. The summed E-state index contributed by atoms with van der Waals surface area (Å²) in [5.41, 5.74) is 2.66. The van der Waals surface area contributed by atoms with E-state index in [1.54, 1.807) is 18.7 Å². The van der Waals surface area contributed by atoms with E-state index < -0.39 is 29.9 Å². The van der Waals surface area contributed by atoms with Crippen molar-refractivity contribution < 1.29 is 28.5 Å². The van der Waals surface area contributed by atoms with Gasteiger partial charge in [0, 0.05) is 11.3 Å². The first-order chi connectivity index (χ1) is 21.2. The van der Waals surface area contributed by atoms with E-state index in [2.05, 4.69) is 0 Å². The summed E-state index contributed by atoms with van der Waals surface area (Å²) in [7, 11) is 0. The summed E-state index contributed by atoms with van der Waals surface area (Å²) in [6.07, 6.45) is -1.87. The van der Waals surface area contributed by atoms with E-state index in [9.17, 15) is 4.79 Å². The van der Waals surface area contributed by atoms with Crippen molar-refractivity contribution in [1.82, 2.24) is 0 Å². The molecule has 6 nitrogen and oxygen atoms in total. The fourth-order valence-electron chi connectivity index (χ4n) is 4.89. The standard InChI is InChI=1S/C36H38O6S/c1-2-32(37)38-26-31-33(39-23-27-15-7-3-8-16-27)34(40-24-28-17-9-4-10-18-28)35(41-25-29-19-11-5-12-20-29)36(42-31)43-30-21-13-6-14-22-30/h3-22,31,33-36H,2,23-26H2,1H3/t31?,33-,34-,35?,36+/m1/s1. The second-order valence-electron chi connectivity index (χ2n) is 10.3. The van der Waals surface area contributed by atoms with Crippen molar-refractivity contribution in [3.8, 4) is 0 Å². The highest BCUT2D eigenvalue weighted by Gasteiger charge is 2.49. The highest BCUT2D eigenvalue weighted by Crippen LogP contribution is 2.38. The molecule has 1 heterocycles. The van der Waals surface area contributed by atoms with Crippen LogP contribution in [-0.4, -0.2) is 42.4 Å². The van der Waals surface area contributed by atoms with Gasteiger partial charge >= 0.3 is 5.97 Å². The average Bonchev–Trinajstić information content (AvgIpc) is 3.07. The molecular formula is C36H38O6S. The summed E-state index contributed by atoms with van der Waals surface area (Å²) in [5, 5.41) is 0. The van der Waals surface area contributed by atoms with Gasteiger partial charge in [-0.05, 0) is 28.8 Å². The topological polar surface area (TPSA) is 63.2 Å². The molecule has 1 saturated heterocycles. The lowest BCUT2D eigenvalue weighted by atomic mass is 9.98. The van der Waals surface area contributed by atoms with Crippen molar-refractivity contribution in [3.63, 3.8) is 0 Å². The van der Waals surface area contributed by atoms with E-state index in [0.717, 1.165) is 21.6 Å². The van der Waals surface area contributed by atoms with Crippen molar-refractivity contribution >= 4 is 17.7 Å². The summed E-state index contributed by atoms with van der Waals surface area (Å²) < 4.78 is 32.4. The van der Waals surface area contributed by atoms with Crippen molar-refractivity contribution in [2.45, 2.75) is 67.9 Å². The first-order valence-corrected chi connectivity index (χ1v) is 15.6. The summed E-state index contributed by atoms with van der Waals surface area (Å²) >= 11 is 1.57. The van der Waals surface area contributed by atoms with Crippen LogP contribution < -0.4 is 0 Å². The number of hydrogen-bond acceptors (Lipinski definition) is 7. The van der Waals surface area contributed by atoms with Gasteiger partial charge in [-0.3, -0.25) is 4.79 Å². The Balaban J connectivity index is 1.48. The fourth-order valence-corrected chi connectivity index (χ4v) is 6.03. The maximum atomic E-state index is 12.2. The molecule has 1 aliphatic heterocycles. The summed E-state index contributed by atoms with van der Waals surface area (Å²) in [6, 6.07) is 40.2. The molecule has 0 amide bonds. The Bertz CT molecular complexity index is 1360. The Morgan fingerprint density at radius 1 is 0.628 bits per heavy atom.